The van der Waals surface area contributed by atoms with Gasteiger partial charge in [-0.05, 0) is 34.0 Å². The number of pyridine rings is 1. The highest BCUT2D eigenvalue weighted by atomic mass is 79.9. The lowest BCUT2D eigenvalue weighted by Gasteiger charge is -2.06. The molecule has 0 fully saturated rings. The number of nitrogens with zero attached hydrogens (tertiary/aromatic N) is 1. The second kappa shape index (κ2) is 5.12. The predicted molar refractivity (Wildman–Crippen MR) is 67.4 cm³/mol. The molecule has 0 unspecified atom stereocenters. The van der Waals surface area contributed by atoms with Gasteiger partial charge in [0, 0.05) is 6.07 Å². The molecule has 0 atom stereocenters. The van der Waals surface area contributed by atoms with E-state index in [9.17, 15) is 0 Å². The molecule has 0 spiro atoms. The van der Waals surface area contributed by atoms with Crippen molar-refractivity contribution in [3.05, 3.63) is 58.2 Å². The van der Waals surface area contributed by atoms with Crippen LogP contribution >= 0.6 is 15.9 Å². The van der Waals surface area contributed by atoms with Crippen molar-refractivity contribution in [2.24, 2.45) is 0 Å². The van der Waals surface area contributed by atoms with Crippen LogP contribution in [-0.2, 0) is 6.61 Å². The zero-order valence-electron chi connectivity index (χ0n) is 8.98. The van der Waals surface area contributed by atoms with E-state index in [1.165, 1.54) is 0 Å². The minimum absolute atomic E-state index is 0.545. The molecule has 0 aliphatic heterocycles. The van der Waals surface area contributed by atoms with Crippen LogP contribution in [-0.4, -0.2) is 4.98 Å². The van der Waals surface area contributed by atoms with Crippen LogP contribution < -0.4 is 4.74 Å². The highest BCUT2D eigenvalue weighted by Crippen LogP contribution is 2.18. The van der Waals surface area contributed by atoms with E-state index >= 15 is 0 Å². The first-order chi connectivity index (χ1) is 7.75. The number of benzene rings is 1. The van der Waals surface area contributed by atoms with Crippen LogP contribution in [0.1, 0.15) is 11.1 Å². The normalized spacial score (nSPS) is 10.1. The molecule has 0 saturated carbocycles. The first-order valence-corrected chi connectivity index (χ1v) is 5.85. The predicted octanol–water partition coefficient (Wildman–Crippen LogP) is 3.73. The van der Waals surface area contributed by atoms with Gasteiger partial charge in [-0.1, -0.05) is 36.4 Å². The number of hydrogen-bond acceptors (Lipinski definition) is 2. The Morgan fingerprint density at radius 3 is 2.56 bits per heavy atom. The molecule has 0 radical (unpaired) electrons. The van der Waals surface area contributed by atoms with Crippen molar-refractivity contribution in [2.45, 2.75) is 13.5 Å². The van der Waals surface area contributed by atoms with Crippen molar-refractivity contribution in [3.8, 4) is 5.88 Å². The Morgan fingerprint density at radius 2 is 1.88 bits per heavy atom. The number of ether oxygens (including phenoxy) is 1. The molecule has 1 aromatic carbocycles. The summed E-state index contributed by atoms with van der Waals surface area (Å²) in [5.74, 6) is 0.640. The van der Waals surface area contributed by atoms with Gasteiger partial charge >= 0.3 is 0 Å². The summed E-state index contributed by atoms with van der Waals surface area (Å²) in [5.41, 5.74) is 2.24. The zero-order valence-corrected chi connectivity index (χ0v) is 10.6. The van der Waals surface area contributed by atoms with Crippen molar-refractivity contribution in [3.63, 3.8) is 0 Å². The van der Waals surface area contributed by atoms with E-state index in [-0.39, 0.29) is 0 Å². The average Bonchev–Trinajstić information content (AvgIpc) is 2.32. The Balaban J connectivity index is 2.03. The number of aryl methyl sites for hydroxylation is 1. The summed E-state index contributed by atoms with van der Waals surface area (Å²) < 4.78 is 6.42. The van der Waals surface area contributed by atoms with E-state index in [2.05, 4.69) is 20.9 Å². The van der Waals surface area contributed by atoms with Gasteiger partial charge < -0.3 is 4.74 Å². The van der Waals surface area contributed by atoms with Crippen molar-refractivity contribution in [1.82, 2.24) is 4.98 Å². The Kier molecular flexibility index (Phi) is 3.57. The van der Waals surface area contributed by atoms with Crippen LogP contribution in [0.3, 0.4) is 0 Å². The topological polar surface area (TPSA) is 22.1 Å². The number of rotatable bonds is 3. The van der Waals surface area contributed by atoms with Crippen LogP contribution in [0.15, 0.2) is 47.1 Å². The standard InChI is InChI=1S/C13H12BrNO/c1-10-7-8-12(15-13(10)14)16-9-11-5-3-2-4-6-11/h2-8H,9H2,1H3. The van der Waals surface area contributed by atoms with Gasteiger partial charge in [-0.2, -0.15) is 0 Å². The number of aromatic nitrogens is 1. The van der Waals surface area contributed by atoms with Crippen LogP contribution in [0.25, 0.3) is 0 Å². The highest BCUT2D eigenvalue weighted by Gasteiger charge is 2.00. The lowest BCUT2D eigenvalue weighted by atomic mass is 10.2. The smallest absolute Gasteiger partial charge is 0.214 e. The molecule has 1 heterocycles. The third-order valence-electron chi connectivity index (χ3n) is 2.24. The average molecular weight is 278 g/mol. The molecule has 2 aromatic rings. The molecule has 0 amide bonds. The van der Waals surface area contributed by atoms with Crippen molar-refractivity contribution < 1.29 is 4.74 Å². The summed E-state index contributed by atoms with van der Waals surface area (Å²) in [6, 6.07) is 13.9. The molecule has 2 rings (SSSR count). The fourth-order valence-corrected chi connectivity index (χ4v) is 1.61. The third-order valence-corrected chi connectivity index (χ3v) is 3.04. The van der Waals surface area contributed by atoms with Crippen molar-refractivity contribution >= 4 is 15.9 Å². The monoisotopic (exact) mass is 277 g/mol. The maximum atomic E-state index is 5.59. The molecule has 0 aliphatic carbocycles. The van der Waals surface area contributed by atoms with Crippen LogP contribution in [0.5, 0.6) is 5.88 Å². The van der Waals surface area contributed by atoms with Gasteiger partial charge in [-0.25, -0.2) is 4.98 Å². The molecule has 0 bridgehead atoms. The number of halogens is 1. The molecule has 82 valence electrons. The quantitative estimate of drug-likeness (QED) is 0.798. The molecule has 3 heteroatoms. The van der Waals surface area contributed by atoms with E-state index in [1.807, 2.05) is 49.4 Å². The molecule has 0 saturated heterocycles. The van der Waals surface area contributed by atoms with E-state index < -0.39 is 0 Å². The highest BCUT2D eigenvalue weighted by molar-refractivity contribution is 9.10. The second-order valence-corrected chi connectivity index (χ2v) is 4.28. The number of hydrogen-bond donors (Lipinski definition) is 0. The van der Waals surface area contributed by atoms with E-state index in [1.54, 1.807) is 0 Å². The van der Waals surface area contributed by atoms with Crippen molar-refractivity contribution in [2.75, 3.05) is 0 Å². The lowest BCUT2D eigenvalue weighted by Crippen LogP contribution is -1.97. The Labute approximate surface area is 103 Å². The van der Waals surface area contributed by atoms with E-state index in [4.69, 9.17) is 4.74 Å². The summed E-state index contributed by atoms with van der Waals surface area (Å²) >= 11 is 3.38. The molecule has 0 N–H and O–H groups in total. The van der Waals surface area contributed by atoms with Gasteiger partial charge in [0.25, 0.3) is 0 Å². The summed E-state index contributed by atoms with van der Waals surface area (Å²) in [7, 11) is 0. The van der Waals surface area contributed by atoms with Crippen LogP contribution in [0, 0.1) is 6.92 Å². The van der Waals surface area contributed by atoms with Crippen LogP contribution in [0.2, 0.25) is 0 Å². The Hall–Kier alpha value is -1.35. The molecule has 1 aromatic heterocycles. The molecule has 16 heavy (non-hydrogen) atoms. The van der Waals surface area contributed by atoms with Crippen molar-refractivity contribution in [1.29, 1.82) is 0 Å². The van der Waals surface area contributed by atoms with Gasteiger partial charge in [0.1, 0.15) is 11.2 Å². The van der Waals surface area contributed by atoms with Gasteiger partial charge in [0.05, 0.1) is 0 Å². The lowest BCUT2D eigenvalue weighted by molar-refractivity contribution is 0.293. The fraction of sp³-hybridized carbons (Fsp3) is 0.154. The molecule has 2 nitrogen and oxygen atoms in total. The molecular formula is C13H12BrNO. The molecule has 0 aliphatic rings. The Bertz CT molecular complexity index is 471. The summed E-state index contributed by atoms with van der Waals surface area (Å²) in [5, 5.41) is 0. The summed E-state index contributed by atoms with van der Waals surface area (Å²) in [6.45, 7) is 2.54. The summed E-state index contributed by atoms with van der Waals surface area (Å²) in [4.78, 5) is 4.28. The third kappa shape index (κ3) is 2.83. The summed E-state index contributed by atoms with van der Waals surface area (Å²) in [6.07, 6.45) is 0. The fourth-order valence-electron chi connectivity index (χ4n) is 1.30. The largest absolute Gasteiger partial charge is 0.473 e. The minimum Gasteiger partial charge on any atom is -0.473 e. The zero-order chi connectivity index (χ0) is 11.4. The first-order valence-electron chi connectivity index (χ1n) is 5.05. The maximum absolute atomic E-state index is 5.59. The Morgan fingerprint density at radius 1 is 1.12 bits per heavy atom. The van der Waals surface area contributed by atoms with Crippen LogP contribution in [0.4, 0.5) is 0 Å². The second-order valence-electron chi connectivity index (χ2n) is 3.53. The maximum Gasteiger partial charge on any atom is 0.214 e. The van der Waals surface area contributed by atoms with Gasteiger partial charge in [-0.3, -0.25) is 0 Å². The van der Waals surface area contributed by atoms with E-state index in [0.29, 0.717) is 12.5 Å². The minimum atomic E-state index is 0.545. The van der Waals surface area contributed by atoms with E-state index in [0.717, 1.165) is 15.7 Å². The SMILES string of the molecule is Cc1ccc(OCc2ccccc2)nc1Br. The molecular weight excluding hydrogens is 266 g/mol. The van der Waals surface area contributed by atoms with Gasteiger partial charge in [0.2, 0.25) is 5.88 Å². The van der Waals surface area contributed by atoms with Gasteiger partial charge in [0.15, 0.2) is 0 Å². The first kappa shape index (κ1) is 11.1. The van der Waals surface area contributed by atoms with Gasteiger partial charge in [-0.15, -0.1) is 0 Å².